The molecule has 0 aliphatic carbocycles. The summed E-state index contributed by atoms with van der Waals surface area (Å²) in [6, 6.07) is 6.82. The molecule has 2 aromatic rings. The van der Waals surface area contributed by atoms with Gasteiger partial charge in [0.15, 0.2) is 0 Å². The summed E-state index contributed by atoms with van der Waals surface area (Å²) in [5.74, 6) is -0.432. The summed E-state index contributed by atoms with van der Waals surface area (Å²) in [5.41, 5.74) is 2.05. The van der Waals surface area contributed by atoms with E-state index >= 15 is 0 Å². The Balaban J connectivity index is 2.28. The molecule has 86 valence electrons. The van der Waals surface area contributed by atoms with Crippen LogP contribution in [0.15, 0.2) is 48.9 Å². The van der Waals surface area contributed by atoms with Gasteiger partial charge < -0.3 is 5.11 Å². The Morgan fingerprint density at radius 3 is 2.59 bits per heavy atom. The third-order valence-corrected chi connectivity index (χ3v) is 2.29. The Morgan fingerprint density at radius 2 is 2.00 bits per heavy atom. The summed E-state index contributed by atoms with van der Waals surface area (Å²) >= 11 is 0. The van der Waals surface area contributed by atoms with Crippen LogP contribution >= 0.6 is 0 Å². The SMILES string of the molecule is OCC=C(F)c1ccc(-c2cnccn2)cc1. The van der Waals surface area contributed by atoms with Gasteiger partial charge in [-0.05, 0) is 6.08 Å². The van der Waals surface area contributed by atoms with Crippen molar-refractivity contribution >= 4 is 5.83 Å². The van der Waals surface area contributed by atoms with Gasteiger partial charge in [-0.2, -0.15) is 0 Å². The van der Waals surface area contributed by atoms with Crippen LogP contribution in [0.1, 0.15) is 5.56 Å². The van der Waals surface area contributed by atoms with Crippen LogP contribution in [-0.2, 0) is 0 Å². The fourth-order valence-corrected chi connectivity index (χ4v) is 1.45. The number of halogens is 1. The molecule has 0 radical (unpaired) electrons. The molecule has 0 aliphatic rings. The zero-order valence-electron chi connectivity index (χ0n) is 9.05. The molecule has 0 amide bonds. The van der Waals surface area contributed by atoms with Crippen molar-refractivity contribution in [1.82, 2.24) is 9.97 Å². The number of aliphatic hydroxyl groups is 1. The molecule has 0 bridgehead atoms. The molecule has 3 nitrogen and oxygen atoms in total. The largest absolute Gasteiger partial charge is 0.392 e. The predicted octanol–water partition coefficient (Wildman–Crippen LogP) is 2.45. The molecule has 4 heteroatoms. The Kier molecular flexibility index (Phi) is 3.57. The highest BCUT2D eigenvalue weighted by Gasteiger charge is 2.02. The van der Waals surface area contributed by atoms with Crippen LogP contribution in [0.3, 0.4) is 0 Å². The van der Waals surface area contributed by atoms with Crippen molar-refractivity contribution in [2.75, 3.05) is 6.61 Å². The van der Waals surface area contributed by atoms with E-state index < -0.39 is 5.83 Å². The third kappa shape index (κ3) is 2.73. The van der Waals surface area contributed by atoms with Gasteiger partial charge in [0.2, 0.25) is 0 Å². The predicted molar refractivity (Wildman–Crippen MR) is 63.6 cm³/mol. The number of aliphatic hydroxyl groups excluding tert-OH is 1. The number of rotatable bonds is 3. The van der Waals surface area contributed by atoms with Crippen LogP contribution in [-0.4, -0.2) is 21.7 Å². The highest BCUT2D eigenvalue weighted by Crippen LogP contribution is 2.20. The van der Waals surface area contributed by atoms with Crippen LogP contribution in [0.4, 0.5) is 4.39 Å². The lowest BCUT2D eigenvalue weighted by Crippen LogP contribution is -1.85. The number of nitrogens with zero attached hydrogens (tertiary/aromatic N) is 2. The van der Waals surface area contributed by atoms with E-state index in [1.807, 2.05) is 0 Å². The molecule has 1 N–H and O–H groups in total. The quantitative estimate of drug-likeness (QED) is 0.880. The second-order valence-corrected chi connectivity index (χ2v) is 3.40. The van der Waals surface area contributed by atoms with E-state index in [2.05, 4.69) is 9.97 Å². The smallest absolute Gasteiger partial charge is 0.128 e. The van der Waals surface area contributed by atoms with Crippen LogP contribution in [0, 0.1) is 0 Å². The van der Waals surface area contributed by atoms with Crippen molar-refractivity contribution in [2.24, 2.45) is 0 Å². The lowest BCUT2D eigenvalue weighted by atomic mass is 10.1. The highest BCUT2D eigenvalue weighted by molar-refractivity contribution is 5.65. The summed E-state index contributed by atoms with van der Waals surface area (Å²) in [5, 5.41) is 8.60. The van der Waals surface area contributed by atoms with E-state index in [-0.39, 0.29) is 6.61 Å². The monoisotopic (exact) mass is 230 g/mol. The molecule has 0 saturated carbocycles. The summed E-state index contributed by atoms with van der Waals surface area (Å²) in [7, 11) is 0. The van der Waals surface area contributed by atoms with Gasteiger partial charge in [0.05, 0.1) is 18.5 Å². The van der Waals surface area contributed by atoms with E-state index in [0.29, 0.717) is 5.56 Å². The van der Waals surface area contributed by atoms with Crippen LogP contribution in [0.2, 0.25) is 0 Å². The van der Waals surface area contributed by atoms with Crippen LogP contribution < -0.4 is 0 Å². The maximum absolute atomic E-state index is 13.3. The molecular formula is C13H11FN2O. The molecule has 0 atom stereocenters. The maximum atomic E-state index is 13.3. The molecular weight excluding hydrogens is 219 g/mol. The first-order valence-electron chi connectivity index (χ1n) is 5.14. The molecule has 0 fully saturated rings. The van der Waals surface area contributed by atoms with E-state index in [4.69, 9.17) is 5.11 Å². The van der Waals surface area contributed by atoms with Crippen molar-refractivity contribution in [2.45, 2.75) is 0 Å². The van der Waals surface area contributed by atoms with Gasteiger partial charge in [-0.3, -0.25) is 9.97 Å². The number of hydrogen-bond donors (Lipinski definition) is 1. The minimum Gasteiger partial charge on any atom is -0.392 e. The van der Waals surface area contributed by atoms with E-state index in [0.717, 1.165) is 17.3 Å². The zero-order valence-corrected chi connectivity index (χ0v) is 9.05. The summed E-state index contributed by atoms with van der Waals surface area (Å²) in [6.07, 6.45) is 5.98. The fourth-order valence-electron chi connectivity index (χ4n) is 1.45. The Bertz CT molecular complexity index is 509. The lowest BCUT2D eigenvalue weighted by molar-refractivity contribution is 0.342. The van der Waals surface area contributed by atoms with E-state index in [1.54, 1.807) is 42.9 Å². The van der Waals surface area contributed by atoms with E-state index in [1.165, 1.54) is 0 Å². The average molecular weight is 230 g/mol. The van der Waals surface area contributed by atoms with Gasteiger partial charge in [-0.1, -0.05) is 24.3 Å². The van der Waals surface area contributed by atoms with Crippen molar-refractivity contribution < 1.29 is 9.50 Å². The molecule has 17 heavy (non-hydrogen) atoms. The topological polar surface area (TPSA) is 46.0 Å². The second kappa shape index (κ2) is 5.32. The molecule has 0 aliphatic heterocycles. The Hall–Kier alpha value is -2.07. The minimum absolute atomic E-state index is 0.308. The van der Waals surface area contributed by atoms with Gasteiger partial charge in [-0.25, -0.2) is 4.39 Å². The van der Waals surface area contributed by atoms with Crippen molar-refractivity contribution in [1.29, 1.82) is 0 Å². The first-order valence-corrected chi connectivity index (χ1v) is 5.14. The Morgan fingerprint density at radius 1 is 1.24 bits per heavy atom. The van der Waals surface area contributed by atoms with Gasteiger partial charge >= 0.3 is 0 Å². The molecule has 1 heterocycles. The molecule has 0 unspecified atom stereocenters. The molecule has 1 aromatic heterocycles. The molecule has 1 aromatic carbocycles. The average Bonchev–Trinajstić information content (AvgIpc) is 2.40. The summed E-state index contributed by atoms with van der Waals surface area (Å²) < 4.78 is 13.3. The minimum atomic E-state index is -0.432. The van der Waals surface area contributed by atoms with Gasteiger partial charge in [-0.15, -0.1) is 0 Å². The highest BCUT2D eigenvalue weighted by atomic mass is 19.1. The normalized spacial score (nSPS) is 11.5. The standard InChI is InChI=1S/C13H11FN2O/c14-12(5-8-17)10-1-3-11(4-2-10)13-9-15-6-7-16-13/h1-7,9,17H,8H2. The first kappa shape index (κ1) is 11.4. The lowest BCUT2D eigenvalue weighted by Gasteiger charge is -2.01. The van der Waals surface area contributed by atoms with E-state index in [9.17, 15) is 4.39 Å². The zero-order chi connectivity index (χ0) is 12.1. The van der Waals surface area contributed by atoms with Gasteiger partial charge in [0.1, 0.15) is 5.83 Å². The van der Waals surface area contributed by atoms with Crippen LogP contribution in [0.5, 0.6) is 0 Å². The maximum Gasteiger partial charge on any atom is 0.128 e. The number of benzene rings is 1. The van der Waals surface area contributed by atoms with Crippen molar-refractivity contribution in [3.05, 3.63) is 54.5 Å². The number of aromatic nitrogens is 2. The molecule has 0 spiro atoms. The second-order valence-electron chi connectivity index (χ2n) is 3.40. The molecule has 2 rings (SSSR count). The first-order chi connectivity index (χ1) is 8.31. The Labute approximate surface area is 98.3 Å². The number of hydrogen-bond acceptors (Lipinski definition) is 3. The van der Waals surface area contributed by atoms with Gasteiger partial charge in [0, 0.05) is 23.5 Å². The fraction of sp³-hybridized carbons (Fsp3) is 0.0769. The van der Waals surface area contributed by atoms with Crippen LogP contribution in [0.25, 0.3) is 17.1 Å². The van der Waals surface area contributed by atoms with Crippen molar-refractivity contribution in [3.8, 4) is 11.3 Å². The summed E-state index contributed by atoms with van der Waals surface area (Å²) in [4.78, 5) is 8.12. The van der Waals surface area contributed by atoms with Gasteiger partial charge in [0.25, 0.3) is 0 Å². The molecule has 0 saturated heterocycles. The van der Waals surface area contributed by atoms with Crippen molar-refractivity contribution in [3.63, 3.8) is 0 Å². The summed E-state index contributed by atoms with van der Waals surface area (Å²) in [6.45, 7) is -0.308. The third-order valence-electron chi connectivity index (χ3n) is 2.29.